The Kier molecular flexibility index (Phi) is 5.17. The molecule has 2 N–H and O–H groups in total. The van der Waals surface area contributed by atoms with Crippen LogP contribution in [-0.2, 0) is 16.0 Å². The molecule has 0 saturated heterocycles. The molecule has 2 amide bonds. The minimum Gasteiger partial charge on any atom is -0.508 e. The third kappa shape index (κ3) is 4.45. The summed E-state index contributed by atoms with van der Waals surface area (Å²) in [6.45, 7) is 2.48. The predicted molar refractivity (Wildman–Crippen MR) is 68.1 cm³/mol. The minimum atomic E-state index is -0.238. The van der Waals surface area contributed by atoms with Crippen LogP contribution in [0.1, 0.15) is 12.5 Å². The van der Waals surface area contributed by atoms with Crippen molar-refractivity contribution in [2.24, 2.45) is 0 Å². The van der Waals surface area contributed by atoms with E-state index in [1.807, 2.05) is 6.92 Å². The topological polar surface area (TPSA) is 69.6 Å². The number of likely N-dealkylation sites (N-methyl/N-ethyl adjacent to an activating group) is 1. The first-order chi connectivity index (χ1) is 8.52. The van der Waals surface area contributed by atoms with E-state index in [4.69, 9.17) is 0 Å². The molecule has 5 heteroatoms. The van der Waals surface area contributed by atoms with Crippen molar-refractivity contribution in [2.75, 3.05) is 20.1 Å². The fourth-order valence-corrected chi connectivity index (χ4v) is 1.40. The van der Waals surface area contributed by atoms with E-state index >= 15 is 0 Å². The number of hydrogen-bond donors (Lipinski definition) is 2. The zero-order valence-corrected chi connectivity index (χ0v) is 10.6. The van der Waals surface area contributed by atoms with Crippen molar-refractivity contribution in [3.8, 4) is 5.75 Å². The number of benzene rings is 1. The Morgan fingerprint density at radius 1 is 1.39 bits per heavy atom. The minimum absolute atomic E-state index is 0.00197. The highest BCUT2D eigenvalue weighted by molar-refractivity contribution is 5.85. The number of nitrogens with zero attached hydrogens (tertiary/aromatic N) is 1. The molecule has 5 nitrogen and oxygen atoms in total. The number of aromatic hydroxyl groups is 1. The van der Waals surface area contributed by atoms with Crippen molar-refractivity contribution in [1.82, 2.24) is 10.2 Å². The first-order valence-electron chi connectivity index (χ1n) is 5.81. The van der Waals surface area contributed by atoms with Gasteiger partial charge in [0, 0.05) is 13.6 Å². The van der Waals surface area contributed by atoms with E-state index in [1.165, 1.54) is 11.0 Å². The van der Waals surface area contributed by atoms with Crippen molar-refractivity contribution in [3.05, 3.63) is 29.8 Å². The van der Waals surface area contributed by atoms with E-state index in [1.54, 1.807) is 25.2 Å². The van der Waals surface area contributed by atoms with Gasteiger partial charge >= 0.3 is 0 Å². The van der Waals surface area contributed by atoms with Crippen molar-refractivity contribution in [2.45, 2.75) is 13.3 Å². The maximum atomic E-state index is 11.6. The van der Waals surface area contributed by atoms with E-state index in [2.05, 4.69) is 5.32 Å². The van der Waals surface area contributed by atoms with Gasteiger partial charge in [0.1, 0.15) is 5.75 Å². The average molecular weight is 250 g/mol. The quantitative estimate of drug-likeness (QED) is 0.801. The summed E-state index contributed by atoms with van der Waals surface area (Å²) in [5.74, 6) is -0.234. The summed E-state index contributed by atoms with van der Waals surface area (Å²) < 4.78 is 0. The second-order valence-corrected chi connectivity index (χ2v) is 4.03. The van der Waals surface area contributed by atoms with Crippen LogP contribution in [0.15, 0.2) is 24.3 Å². The normalized spacial score (nSPS) is 9.89. The molecule has 0 aliphatic rings. The van der Waals surface area contributed by atoms with Crippen LogP contribution in [0.4, 0.5) is 0 Å². The predicted octanol–water partition coefficient (Wildman–Crippen LogP) is 0.529. The fourth-order valence-electron chi connectivity index (χ4n) is 1.40. The third-order valence-corrected chi connectivity index (χ3v) is 2.61. The van der Waals surface area contributed by atoms with Crippen LogP contribution < -0.4 is 5.32 Å². The van der Waals surface area contributed by atoms with E-state index in [-0.39, 0.29) is 30.5 Å². The molecule has 0 aromatic heterocycles. The molecular weight excluding hydrogens is 232 g/mol. The van der Waals surface area contributed by atoms with Gasteiger partial charge in [-0.25, -0.2) is 0 Å². The van der Waals surface area contributed by atoms with Gasteiger partial charge in [-0.2, -0.15) is 0 Å². The van der Waals surface area contributed by atoms with Crippen LogP contribution in [0, 0.1) is 0 Å². The van der Waals surface area contributed by atoms with E-state index < -0.39 is 0 Å². The average Bonchev–Trinajstić information content (AvgIpc) is 2.35. The van der Waals surface area contributed by atoms with Gasteiger partial charge in [0.15, 0.2) is 0 Å². The second kappa shape index (κ2) is 6.64. The first-order valence-corrected chi connectivity index (χ1v) is 5.81. The molecule has 18 heavy (non-hydrogen) atoms. The van der Waals surface area contributed by atoms with E-state index in [0.29, 0.717) is 12.1 Å². The molecule has 0 bridgehead atoms. The Hall–Kier alpha value is -2.04. The van der Waals surface area contributed by atoms with Crippen LogP contribution in [0.3, 0.4) is 0 Å². The number of phenols is 1. The van der Waals surface area contributed by atoms with Crippen LogP contribution in [0.25, 0.3) is 0 Å². The SMILES string of the molecule is CCN(C)C(=O)CNC(=O)Cc1cccc(O)c1. The van der Waals surface area contributed by atoms with Gasteiger partial charge in [-0.15, -0.1) is 0 Å². The summed E-state index contributed by atoms with van der Waals surface area (Å²) in [4.78, 5) is 24.6. The smallest absolute Gasteiger partial charge is 0.241 e. The van der Waals surface area contributed by atoms with Gasteiger partial charge in [0.2, 0.25) is 11.8 Å². The summed E-state index contributed by atoms with van der Waals surface area (Å²) >= 11 is 0. The maximum absolute atomic E-state index is 11.6. The lowest BCUT2D eigenvalue weighted by molar-refractivity contribution is -0.131. The van der Waals surface area contributed by atoms with Gasteiger partial charge in [-0.3, -0.25) is 9.59 Å². The third-order valence-electron chi connectivity index (χ3n) is 2.61. The standard InChI is InChI=1S/C13H18N2O3/c1-3-15(2)13(18)9-14-12(17)8-10-5-4-6-11(16)7-10/h4-7,16H,3,8-9H2,1-2H3,(H,14,17). The van der Waals surface area contributed by atoms with Gasteiger partial charge < -0.3 is 15.3 Å². The maximum Gasteiger partial charge on any atom is 0.241 e. The van der Waals surface area contributed by atoms with E-state index in [9.17, 15) is 14.7 Å². The second-order valence-electron chi connectivity index (χ2n) is 4.03. The van der Waals surface area contributed by atoms with Gasteiger partial charge in [-0.1, -0.05) is 12.1 Å². The number of nitrogens with one attached hydrogen (secondary N) is 1. The summed E-state index contributed by atoms with van der Waals surface area (Å²) in [6, 6.07) is 6.49. The zero-order valence-electron chi connectivity index (χ0n) is 10.6. The number of carbonyl (C=O) groups is 2. The molecule has 0 heterocycles. The summed E-state index contributed by atoms with van der Waals surface area (Å²) in [6.07, 6.45) is 0.150. The van der Waals surface area contributed by atoms with Crippen LogP contribution in [0.2, 0.25) is 0 Å². The Labute approximate surface area is 106 Å². The molecule has 0 aliphatic carbocycles. The van der Waals surface area contributed by atoms with Crippen LogP contribution in [-0.4, -0.2) is 42.0 Å². The van der Waals surface area contributed by atoms with Gasteiger partial charge in [0.05, 0.1) is 13.0 Å². The first kappa shape index (κ1) is 14.0. The van der Waals surface area contributed by atoms with Gasteiger partial charge in [0.25, 0.3) is 0 Å². The summed E-state index contributed by atoms with van der Waals surface area (Å²) in [7, 11) is 1.68. The molecule has 0 saturated carbocycles. The molecule has 0 unspecified atom stereocenters. The molecular formula is C13H18N2O3. The highest BCUT2D eigenvalue weighted by Crippen LogP contribution is 2.10. The van der Waals surface area contributed by atoms with Crippen LogP contribution >= 0.6 is 0 Å². The Bertz CT molecular complexity index is 432. The number of hydrogen-bond acceptors (Lipinski definition) is 3. The summed E-state index contributed by atoms with van der Waals surface area (Å²) in [5.41, 5.74) is 0.712. The molecule has 1 aromatic rings. The Morgan fingerprint density at radius 3 is 2.72 bits per heavy atom. The largest absolute Gasteiger partial charge is 0.508 e. The fraction of sp³-hybridized carbons (Fsp3) is 0.385. The van der Waals surface area contributed by atoms with Crippen LogP contribution in [0.5, 0.6) is 5.75 Å². The van der Waals surface area contributed by atoms with E-state index in [0.717, 1.165) is 0 Å². The lowest BCUT2D eigenvalue weighted by Crippen LogP contribution is -2.38. The van der Waals surface area contributed by atoms with Crippen molar-refractivity contribution >= 4 is 11.8 Å². The van der Waals surface area contributed by atoms with Crippen molar-refractivity contribution < 1.29 is 14.7 Å². The molecule has 0 fully saturated rings. The highest BCUT2D eigenvalue weighted by atomic mass is 16.3. The number of phenolic OH excluding ortho intramolecular Hbond substituents is 1. The molecule has 0 atom stereocenters. The lowest BCUT2D eigenvalue weighted by atomic mass is 10.1. The lowest BCUT2D eigenvalue weighted by Gasteiger charge is -2.14. The number of amides is 2. The molecule has 0 radical (unpaired) electrons. The highest BCUT2D eigenvalue weighted by Gasteiger charge is 2.09. The molecule has 98 valence electrons. The Balaban J connectivity index is 2.41. The number of carbonyl (C=O) groups excluding carboxylic acids is 2. The molecule has 0 aliphatic heterocycles. The van der Waals surface area contributed by atoms with Gasteiger partial charge in [-0.05, 0) is 24.6 Å². The monoisotopic (exact) mass is 250 g/mol. The zero-order chi connectivity index (χ0) is 13.5. The van der Waals surface area contributed by atoms with Crippen molar-refractivity contribution in [1.29, 1.82) is 0 Å². The molecule has 0 spiro atoms. The number of rotatable bonds is 5. The van der Waals surface area contributed by atoms with Crippen molar-refractivity contribution in [3.63, 3.8) is 0 Å². The Morgan fingerprint density at radius 2 is 2.11 bits per heavy atom. The molecule has 1 aromatic carbocycles. The molecule has 1 rings (SSSR count). The summed E-state index contributed by atoms with van der Waals surface area (Å²) in [5, 5.41) is 11.8.